The third-order valence-corrected chi connectivity index (χ3v) is 4.92. The molecule has 1 aliphatic carbocycles. The quantitative estimate of drug-likeness (QED) is 0.809. The van der Waals surface area contributed by atoms with E-state index in [1.807, 2.05) is 31.2 Å². The second kappa shape index (κ2) is 7.65. The summed E-state index contributed by atoms with van der Waals surface area (Å²) in [4.78, 5) is 12.2. The largest absolute Gasteiger partial charge is 0.384 e. The van der Waals surface area contributed by atoms with Crippen LogP contribution in [0.4, 0.5) is 4.79 Å². The number of ether oxygens (including phenoxy) is 1. The number of hydrogen-bond donors (Lipinski definition) is 2. The van der Waals surface area contributed by atoms with E-state index in [2.05, 4.69) is 20.9 Å². The van der Waals surface area contributed by atoms with Crippen molar-refractivity contribution < 1.29 is 9.53 Å². The number of nitrogens with one attached hydrogen (secondary N) is 2. The molecule has 1 unspecified atom stereocenters. The normalized spacial score (nSPS) is 16.7. The fraction of sp³-hybridized carbons (Fsp3) is 0.500. The molecule has 2 aromatic rings. The Morgan fingerprint density at radius 1 is 1.36 bits per heavy atom. The second-order valence-electron chi connectivity index (χ2n) is 6.77. The highest BCUT2D eigenvalue weighted by Crippen LogP contribution is 2.40. The Balaban J connectivity index is 1.51. The van der Waals surface area contributed by atoms with Gasteiger partial charge >= 0.3 is 6.03 Å². The summed E-state index contributed by atoms with van der Waals surface area (Å²) < 4.78 is 6.99. The summed E-state index contributed by atoms with van der Waals surface area (Å²) in [5.41, 5.74) is 2.09. The number of nitrogens with zero attached hydrogens (tertiary/aromatic N) is 3. The predicted octanol–water partition coefficient (Wildman–Crippen LogP) is 2.44. The molecule has 1 atom stereocenters. The highest BCUT2D eigenvalue weighted by Gasteiger charge is 2.37. The SMILES string of the molecule is COCC1(CNC(=O)NC(C)c2ccc(-n3ccnn3)cc2)CCC1. The van der Waals surface area contributed by atoms with Crippen molar-refractivity contribution in [2.75, 3.05) is 20.3 Å². The van der Waals surface area contributed by atoms with Gasteiger partial charge in [-0.15, -0.1) is 5.10 Å². The zero-order valence-electron chi connectivity index (χ0n) is 14.7. The zero-order valence-corrected chi connectivity index (χ0v) is 14.7. The Kier molecular flexibility index (Phi) is 5.33. The van der Waals surface area contributed by atoms with Crippen molar-refractivity contribution in [2.45, 2.75) is 32.2 Å². The molecule has 2 N–H and O–H groups in total. The van der Waals surface area contributed by atoms with Gasteiger partial charge in [-0.05, 0) is 37.5 Å². The molecule has 1 saturated carbocycles. The first kappa shape index (κ1) is 17.4. The molecule has 7 nitrogen and oxygen atoms in total. The summed E-state index contributed by atoms with van der Waals surface area (Å²) in [7, 11) is 1.71. The van der Waals surface area contributed by atoms with Crippen LogP contribution in [-0.2, 0) is 4.74 Å². The van der Waals surface area contributed by atoms with Crippen LogP contribution in [0.25, 0.3) is 5.69 Å². The van der Waals surface area contributed by atoms with Crippen LogP contribution in [0, 0.1) is 5.41 Å². The molecule has 0 saturated heterocycles. The summed E-state index contributed by atoms with van der Waals surface area (Å²) in [6.07, 6.45) is 6.86. The van der Waals surface area contributed by atoms with E-state index >= 15 is 0 Å². The standard InChI is InChI=1S/C18H25N5O2/c1-14(15-4-6-16(7-5-15)23-11-10-20-22-23)21-17(24)19-12-18(13-25-2)8-3-9-18/h4-7,10-11,14H,3,8-9,12-13H2,1-2H3,(H2,19,21,24). The maximum Gasteiger partial charge on any atom is 0.315 e. The Morgan fingerprint density at radius 2 is 2.12 bits per heavy atom. The van der Waals surface area contributed by atoms with Crippen molar-refractivity contribution in [3.05, 3.63) is 42.2 Å². The minimum atomic E-state index is -0.143. The van der Waals surface area contributed by atoms with Gasteiger partial charge in [-0.2, -0.15) is 0 Å². The molecule has 1 heterocycles. The second-order valence-corrected chi connectivity index (χ2v) is 6.77. The van der Waals surface area contributed by atoms with E-state index in [1.165, 1.54) is 6.42 Å². The highest BCUT2D eigenvalue weighted by atomic mass is 16.5. The van der Waals surface area contributed by atoms with Gasteiger partial charge in [0.05, 0.1) is 30.7 Å². The molecule has 1 aliphatic rings. The van der Waals surface area contributed by atoms with Crippen molar-refractivity contribution in [2.24, 2.45) is 5.41 Å². The summed E-state index contributed by atoms with van der Waals surface area (Å²) >= 11 is 0. The van der Waals surface area contributed by atoms with Gasteiger partial charge in [-0.3, -0.25) is 0 Å². The van der Waals surface area contributed by atoms with Gasteiger partial charge < -0.3 is 15.4 Å². The van der Waals surface area contributed by atoms with E-state index in [9.17, 15) is 4.79 Å². The number of aromatic nitrogens is 3. The lowest BCUT2D eigenvalue weighted by Crippen LogP contribution is -2.48. The van der Waals surface area contributed by atoms with Gasteiger partial charge in [0.2, 0.25) is 0 Å². The lowest BCUT2D eigenvalue weighted by molar-refractivity contribution is 0.0200. The molecule has 2 amide bonds. The first-order valence-electron chi connectivity index (χ1n) is 8.62. The molecule has 1 aromatic carbocycles. The van der Waals surface area contributed by atoms with Gasteiger partial charge in [0.25, 0.3) is 0 Å². The van der Waals surface area contributed by atoms with E-state index < -0.39 is 0 Å². The van der Waals surface area contributed by atoms with Crippen molar-refractivity contribution in [1.29, 1.82) is 0 Å². The molecule has 0 bridgehead atoms. The molecular weight excluding hydrogens is 318 g/mol. The maximum absolute atomic E-state index is 12.2. The first-order valence-corrected chi connectivity index (χ1v) is 8.62. The average molecular weight is 343 g/mol. The molecule has 3 rings (SSSR count). The molecule has 0 spiro atoms. The van der Waals surface area contributed by atoms with Crippen LogP contribution in [-0.4, -0.2) is 41.3 Å². The lowest BCUT2D eigenvalue weighted by atomic mass is 9.69. The van der Waals surface area contributed by atoms with Crippen LogP contribution >= 0.6 is 0 Å². The van der Waals surface area contributed by atoms with E-state index in [-0.39, 0.29) is 17.5 Å². The zero-order chi connectivity index (χ0) is 17.7. The summed E-state index contributed by atoms with van der Waals surface area (Å²) in [5, 5.41) is 13.7. The van der Waals surface area contributed by atoms with Crippen LogP contribution in [0.1, 0.15) is 37.8 Å². The van der Waals surface area contributed by atoms with Crippen LogP contribution in [0.15, 0.2) is 36.7 Å². The Labute approximate surface area is 147 Å². The molecule has 7 heteroatoms. The first-order chi connectivity index (χ1) is 12.1. The molecule has 1 fully saturated rings. The number of carbonyl (C=O) groups is 1. The van der Waals surface area contributed by atoms with E-state index in [0.717, 1.165) is 24.1 Å². The number of hydrogen-bond acceptors (Lipinski definition) is 4. The van der Waals surface area contributed by atoms with Crippen molar-refractivity contribution in [3.8, 4) is 5.69 Å². The van der Waals surface area contributed by atoms with Gasteiger partial charge in [-0.1, -0.05) is 23.8 Å². The molecule has 134 valence electrons. The van der Waals surface area contributed by atoms with E-state index in [4.69, 9.17) is 4.74 Å². The molecule has 25 heavy (non-hydrogen) atoms. The molecule has 0 radical (unpaired) electrons. The Bertz CT molecular complexity index is 680. The maximum atomic E-state index is 12.2. The third-order valence-electron chi connectivity index (χ3n) is 4.92. The molecule has 1 aromatic heterocycles. The molecular formula is C18H25N5O2. The van der Waals surface area contributed by atoms with Crippen LogP contribution in [0.3, 0.4) is 0 Å². The molecule has 0 aliphatic heterocycles. The highest BCUT2D eigenvalue weighted by molar-refractivity contribution is 5.74. The van der Waals surface area contributed by atoms with E-state index in [0.29, 0.717) is 13.2 Å². The van der Waals surface area contributed by atoms with Crippen molar-refractivity contribution in [1.82, 2.24) is 25.6 Å². The fourth-order valence-electron chi connectivity index (χ4n) is 3.22. The monoisotopic (exact) mass is 343 g/mol. The topological polar surface area (TPSA) is 81.1 Å². The summed E-state index contributed by atoms with van der Waals surface area (Å²) in [5.74, 6) is 0. The third kappa shape index (κ3) is 4.17. The predicted molar refractivity (Wildman–Crippen MR) is 94.5 cm³/mol. The number of amides is 2. The number of urea groups is 1. The minimum Gasteiger partial charge on any atom is -0.384 e. The van der Waals surface area contributed by atoms with Gasteiger partial charge in [0, 0.05) is 19.1 Å². The van der Waals surface area contributed by atoms with Crippen LogP contribution in [0.5, 0.6) is 0 Å². The number of rotatable bonds is 7. The van der Waals surface area contributed by atoms with Gasteiger partial charge in [0.15, 0.2) is 0 Å². The van der Waals surface area contributed by atoms with Crippen molar-refractivity contribution in [3.63, 3.8) is 0 Å². The van der Waals surface area contributed by atoms with Gasteiger partial charge in [0.1, 0.15) is 0 Å². The Hall–Kier alpha value is -2.41. The van der Waals surface area contributed by atoms with Gasteiger partial charge in [-0.25, -0.2) is 9.48 Å². The van der Waals surface area contributed by atoms with Crippen molar-refractivity contribution >= 4 is 6.03 Å². The number of carbonyl (C=O) groups excluding carboxylic acids is 1. The number of methoxy groups -OCH3 is 1. The summed E-state index contributed by atoms with van der Waals surface area (Å²) in [6.45, 7) is 3.33. The van der Waals surface area contributed by atoms with Crippen LogP contribution < -0.4 is 10.6 Å². The lowest BCUT2D eigenvalue weighted by Gasteiger charge is -2.41. The van der Waals surface area contributed by atoms with Crippen LogP contribution in [0.2, 0.25) is 0 Å². The van der Waals surface area contributed by atoms with E-state index in [1.54, 1.807) is 24.2 Å². The smallest absolute Gasteiger partial charge is 0.315 e. The summed E-state index contributed by atoms with van der Waals surface area (Å²) in [6, 6.07) is 7.67. The number of benzene rings is 1. The Morgan fingerprint density at radius 3 is 2.68 bits per heavy atom. The average Bonchev–Trinajstić information content (AvgIpc) is 3.12. The minimum absolute atomic E-state index is 0.0791. The fourth-order valence-corrected chi connectivity index (χ4v) is 3.22.